The van der Waals surface area contributed by atoms with Crippen LogP contribution in [-0.2, 0) is 4.79 Å². The van der Waals surface area contributed by atoms with Gasteiger partial charge >= 0.3 is 0 Å². The van der Waals surface area contributed by atoms with Crippen LogP contribution in [0.4, 0.5) is 10.1 Å². The first-order chi connectivity index (χ1) is 13.3. The molecule has 8 heteroatoms. The van der Waals surface area contributed by atoms with Crippen LogP contribution in [0.1, 0.15) is 36.1 Å². The molecule has 1 fully saturated rings. The third-order valence-electron chi connectivity index (χ3n) is 4.95. The third-order valence-corrected chi connectivity index (χ3v) is 5.44. The van der Waals surface area contributed by atoms with E-state index in [1.807, 2.05) is 4.90 Å². The van der Waals surface area contributed by atoms with Crippen LogP contribution in [0.25, 0.3) is 0 Å². The van der Waals surface area contributed by atoms with Gasteiger partial charge in [0.2, 0.25) is 5.91 Å². The molecule has 3 rings (SSSR count). The second-order valence-corrected chi connectivity index (χ2v) is 7.90. The predicted octanol–water partition coefficient (Wildman–Crippen LogP) is 3.71. The molecule has 150 valence electrons. The van der Waals surface area contributed by atoms with Gasteiger partial charge in [-0.25, -0.2) is 4.39 Å². The lowest BCUT2D eigenvalue weighted by atomic mass is 10.0. The van der Waals surface area contributed by atoms with Gasteiger partial charge in [-0.05, 0) is 57.0 Å². The van der Waals surface area contributed by atoms with Crippen molar-refractivity contribution in [2.45, 2.75) is 38.8 Å². The molecule has 1 aromatic carbocycles. The van der Waals surface area contributed by atoms with Crippen molar-refractivity contribution in [2.75, 3.05) is 18.4 Å². The lowest BCUT2D eigenvalue weighted by Crippen LogP contribution is -2.50. The van der Waals surface area contributed by atoms with Crippen LogP contribution in [0.5, 0.6) is 0 Å². The molecule has 2 aromatic rings. The van der Waals surface area contributed by atoms with Crippen molar-refractivity contribution in [1.82, 2.24) is 10.2 Å². The summed E-state index contributed by atoms with van der Waals surface area (Å²) in [5.74, 6) is 0.0496. The lowest BCUT2D eigenvalue weighted by Gasteiger charge is -2.35. The van der Waals surface area contributed by atoms with Crippen molar-refractivity contribution < 1.29 is 18.4 Å². The predicted molar refractivity (Wildman–Crippen MR) is 108 cm³/mol. The Morgan fingerprint density at radius 2 is 1.96 bits per heavy atom. The van der Waals surface area contributed by atoms with Crippen molar-refractivity contribution >= 4 is 33.4 Å². The first kappa shape index (κ1) is 20.5. The molecule has 0 radical (unpaired) electrons. The standard InChI is InChI=1S/C20H23BrFN3O3/c1-12-3-6-18(28-12)20(27)23-15-7-9-25(10-8-15)13(2)19(26)24-17-5-4-14(21)11-16(17)22/h3-6,11,13,15H,7-10H2,1-2H3,(H,23,27)(H,24,26). The van der Waals surface area contributed by atoms with Crippen LogP contribution in [0, 0.1) is 12.7 Å². The Hall–Kier alpha value is -2.19. The zero-order valence-electron chi connectivity index (χ0n) is 15.8. The van der Waals surface area contributed by atoms with Gasteiger partial charge in [0, 0.05) is 23.6 Å². The summed E-state index contributed by atoms with van der Waals surface area (Å²) in [5, 5.41) is 5.62. The van der Waals surface area contributed by atoms with Gasteiger partial charge in [-0.3, -0.25) is 14.5 Å². The van der Waals surface area contributed by atoms with Gasteiger partial charge in [0.05, 0.1) is 11.7 Å². The van der Waals surface area contributed by atoms with Gasteiger partial charge in [-0.2, -0.15) is 0 Å². The maximum Gasteiger partial charge on any atom is 0.287 e. The molecule has 0 aliphatic carbocycles. The summed E-state index contributed by atoms with van der Waals surface area (Å²) in [4.78, 5) is 26.7. The highest BCUT2D eigenvalue weighted by Crippen LogP contribution is 2.21. The topological polar surface area (TPSA) is 74.6 Å². The molecule has 28 heavy (non-hydrogen) atoms. The van der Waals surface area contributed by atoms with Crippen molar-refractivity contribution in [2.24, 2.45) is 0 Å². The number of likely N-dealkylation sites (tertiary alicyclic amines) is 1. The van der Waals surface area contributed by atoms with E-state index in [4.69, 9.17) is 4.42 Å². The molecule has 2 N–H and O–H groups in total. The number of piperidine rings is 1. The maximum atomic E-state index is 13.9. The molecule has 1 aromatic heterocycles. The van der Waals surface area contributed by atoms with Gasteiger partial charge in [-0.1, -0.05) is 15.9 Å². The van der Waals surface area contributed by atoms with E-state index in [1.165, 1.54) is 12.1 Å². The maximum absolute atomic E-state index is 13.9. The molecule has 1 aliphatic heterocycles. The quantitative estimate of drug-likeness (QED) is 0.726. The summed E-state index contributed by atoms with van der Waals surface area (Å²) in [6, 6.07) is 7.58. The van der Waals surface area contributed by atoms with Gasteiger partial charge in [0.1, 0.15) is 11.6 Å². The number of nitrogens with one attached hydrogen (secondary N) is 2. The fourth-order valence-electron chi connectivity index (χ4n) is 3.24. The largest absolute Gasteiger partial charge is 0.456 e. The molecule has 6 nitrogen and oxygen atoms in total. The second kappa shape index (κ2) is 8.87. The monoisotopic (exact) mass is 451 g/mol. The summed E-state index contributed by atoms with van der Waals surface area (Å²) in [6.45, 7) is 4.93. The number of furan rings is 1. The first-order valence-electron chi connectivity index (χ1n) is 9.21. The average Bonchev–Trinajstić information content (AvgIpc) is 3.10. The number of halogens is 2. The average molecular weight is 452 g/mol. The molecule has 1 unspecified atom stereocenters. The highest BCUT2D eigenvalue weighted by molar-refractivity contribution is 9.10. The zero-order chi connectivity index (χ0) is 20.3. The molecule has 1 atom stereocenters. The van der Waals surface area contributed by atoms with Crippen LogP contribution < -0.4 is 10.6 Å². The zero-order valence-corrected chi connectivity index (χ0v) is 17.4. The minimum Gasteiger partial charge on any atom is -0.456 e. The number of benzene rings is 1. The van der Waals surface area contributed by atoms with Crippen LogP contribution >= 0.6 is 15.9 Å². The minimum atomic E-state index is -0.482. The first-order valence-corrected chi connectivity index (χ1v) is 10.00. The molecule has 0 saturated carbocycles. The smallest absolute Gasteiger partial charge is 0.287 e. The van der Waals surface area contributed by atoms with Crippen LogP contribution in [0.2, 0.25) is 0 Å². The van der Waals surface area contributed by atoms with E-state index in [-0.39, 0.29) is 23.5 Å². The Balaban J connectivity index is 1.49. The Kier molecular flexibility index (Phi) is 6.51. The number of nitrogens with zero attached hydrogens (tertiary/aromatic N) is 1. The summed E-state index contributed by atoms with van der Waals surface area (Å²) < 4.78 is 19.9. The van der Waals surface area contributed by atoms with Gasteiger partial charge in [0.25, 0.3) is 5.91 Å². The number of rotatable bonds is 5. The number of carbonyl (C=O) groups is 2. The lowest BCUT2D eigenvalue weighted by molar-refractivity contribution is -0.121. The van der Waals surface area contributed by atoms with Gasteiger partial charge < -0.3 is 15.1 Å². The molecule has 2 heterocycles. The van der Waals surface area contributed by atoms with E-state index in [9.17, 15) is 14.0 Å². The Bertz CT molecular complexity index is 862. The summed E-state index contributed by atoms with van der Waals surface area (Å²) in [7, 11) is 0. The number of hydrogen-bond acceptors (Lipinski definition) is 4. The second-order valence-electron chi connectivity index (χ2n) is 6.98. The van der Waals surface area contributed by atoms with E-state index in [0.717, 1.165) is 12.8 Å². The molecular formula is C20H23BrFN3O3. The van der Waals surface area contributed by atoms with E-state index in [2.05, 4.69) is 26.6 Å². The van der Waals surface area contributed by atoms with E-state index < -0.39 is 11.9 Å². The fraction of sp³-hybridized carbons (Fsp3) is 0.400. The van der Waals surface area contributed by atoms with Gasteiger partial charge in [-0.15, -0.1) is 0 Å². The molecule has 1 saturated heterocycles. The van der Waals surface area contributed by atoms with E-state index in [1.54, 1.807) is 32.0 Å². The fourth-order valence-corrected chi connectivity index (χ4v) is 3.57. The van der Waals surface area contributed by atoms with Crippen LogP contribution in [0.3, 0.4) is 0 Å². The normalized spacial score (nSPS) is 16.6. The number of amides is 2. The summed E-state index contributed by atoms with van der Waals surface area (Å²) >= 11 is 3.20. The minimum absolute atomic E-state index is 0.0355. The Morgan fingerprint density at radius 1 is 1.25 bits per heavy atom. The van der Waals surface area contributed by atoms with Crippen LogP contribution in [-0.4, -0.2) is 41.9 Å². The molecule has 1 aliphatic rings. The molecule has 2 amide bonds. The number of aryl methyl sites for hydroxylation is 1. The van der Waals surface area contributed by atoms with E-state index >= 15 is 0 Å². The number of anilines is 1. The Morgan fingerprint density at radius 3 is 2.57 bits per heavy atom. The summed E-state index contributed by atoms with van der Waals surface area (Å²) in [6.07, 6.45) is 1.46. The highest BCUT2D eigenvalue weighted by atomic mass is 79.9. The molecule has 0 spiro atoms. The van der Waals surface area contributed by atoms with Crippen LogP contribution in [0.15, 0.2) is 39.2 Å². The molecule has 0 bridgehead atoms. The summed E-state index contributed by atoms with van der Waals surface area (Å²) in [5.41, 5.74) is 0.163. The van der Waals surface area contributed by atoms with E-state index in [0.29, 0.717) is 29.1 Å². The number of carbonyl (C=O) groups excluding carboxylic acids is 2. The van der Waals surface area contributed by atoms with Crippen molar-refractivity contribution in [1.29, 1.82) is 0 Å². The van der Waals surface area contributed by atoms with Gasteiger partial charge in [0.15, 0.2) is 5.76 Å². The molecular weight excluding hydrogens is 429 g/mol. The third kappa shape index (κ3) is 4.99. The van der Waals surface area contributed by atoms with Crippen molar-refractivity contribution in [3.05, 3.63) is 52.1 Å². The Labute approximate surface area is 171 Å². The number of hydrogen-bond donors (Lipinski definition) is 2. The SMILES string of the molecule is Cc1ccc(C(=O)NC2CCN(C(C)C(=O)Nc3ccc(Br)cc3F)CC2)o1. The van der Waals surface area contributed by atoms with Crippen molar-refractivity contribution in [3.63, 3.8) is 0 Å². The highest BCUT2D eigenvalue weighted by Gasteiger charge is 2.28. The van der Waals surface area contributed by atoms with Crippen molar-refractivity contribution in [3.8, 4) is 0 Å².